The smallest absolute Gasteiger partial charge is 0.407 e. The minimum Gasteiger partial charge on any atom is -0.480 e. The van der Waals surface area contributed by atoms with Gasteiger partial charge in [0.05, 0.1) is 0 Å². The Hall–Kier alpha value is -3.35. The third-order valence-electron chi connectivity index (χ3n) is 6.41. The molecule has 7 nitrogen and oxygen atoms in total. The fraction of sp³-hybridized carbons (Fsp3) is 0.400. The summed E-state index contributed by atoms with van der Waals surface area (Å²) >= 11 is 0. The molecule has 2 atom stereocenters. The van der Waals surface area contributed by atoms with Gasteiger partial charge in [0.15, 0.2) is 0 Å². The molecule has 7 heteroatoms. The molecule has 2 aliphatic rings. The highest BCUT2D eigenvalue weighted by Gasteiger charge is 2.36. The van der Waals surface area contributed by atoms with Gasteiger partial charge in [0, 0.05) is 12.5 Å². The number of hydrogen-bond donors (Lipinski definition) is 2. The summed E-state index contributed by atoms with van der Waals surface area (Å²) in [6.45, 7) is 2.33. The summed E-state index contributed by atoms with van der Waals surface area (Å²) in [7, 11) is 0. The second-order valence-electron chi connectivity index (χ2n) is 8.31. The number of aliphatic carboxylic acids is 1. The van der Waals surface area contributed by atoms with Crippen molar-refractivity contribution in [3.63, 3.8) is 0 Å². The standard InChI is InChI=1S/C25H28N2O5/c1-2-21(23(28)27-14-8-7-13-22(27)24(29)30)26-25(31)32-15-20-18-11-5-3-9-16(18)17-10-4-6-12-19(17)20/h3-6,9-12,20-22H,2,7-8,13-15H2,1H3,(H,26,31)(H,29,30)/t21-,22-/m1/s1. The number of ether oxygens (including phenoxy) is 1. The van der Waals surface area contributed by atoms with Gasteiger partial charge in [-0.25, -0.2) is 9.59 Å². The first kappa shape index (κ1) is 21.9. The molecule has 0 spiro atoms. The molecule has 32 heavy (non-hydrogen) atoms. The number of carbonyl (C=O) groups is 3. The summed E-state index contributed by atoms with van der Waals surface area (Å²) in [6, 6.07) is 14.5. The fourth-order valence-electron chi connectivity index (χ4n) is 4.77. The van der Waals surface area contributed by atoms with E-state index in [-0.39, 0.29) is 18.4 Å². The van der Waals surface area contributed by atoms with E-state index in [2.05, 4.69) is 17.4 Å². The van der Waals surface area contributed by atoms with Gasteiger partial charge < -0.3 is 20.1 Å². The Balaban J connectivity index is 1.41. The maximum Gasteiger partial charge on any atom is 0.407 e. The molecule has 4 rings (SSSR count). The number of likely N-dealkylation sites (tertiary alicyclic amines) is 1. The molecule has 168 valence electrons. The lowest BCUT2D eigenvalue weighted by atomic mass is 9.98. The quantitative estimate of drug-likeness (QED) is 0.719. The number of rotatable bonds is 6. The number of benzene rings is 2. The fourth-order valence-corrected chi connectivity index (χ4v) is 4.77. The van der Waals surface area contributed by atoms with Crippen molar-refractivity contribution in [3.8, 4) is 11.1 Å². The highest BCUT2D eigenvalue weighted by Crippen LogP contribution is 2.44. The van der Waals surface area contributed by atoms with Crippen molar-refractivity contribution in [1.29, 1.82) is 0 Å². The highest BCUT2D eigenvalue weighted by molar-refractivity contribution is 5.89. The Morgan fingerprint density at radius 3 is 2.28 bits per heavy atom. The van der Waals surface area contributed by atoms with Crippen molar-refractivity contribution in [2.75, 3.05) is 13.2 Å². The van der Waals surface area contributed by atoms with E-state index in [0.717, 1.165) is 35.1 Å². The molecule has 1 heterocycles. The number of hydrogen-bond acceptors (Lipinski definition) is 4. The van der Waals surface area contributed by atoms with Crippen LogP contribution in [0.1, 0.15) is 49.7 Å². The van der Waals surface area contributed by atoms with E-state index in [0.29, 0.717) is 19.4 Å². The molecule has 0 saturated carbocycles. The number of nitrogens with zero attached hydrogens (tertiary/aromatic N) is 1. The van der Waals surface area contributed by atoms with E-state index < -0.39 is 24.1 Å². The topological polar surface area (TPSA) is 95.9 Å². The molecule has 1 aliphatic carbocycles. The predicted octanol–water partition coefficient (Wildman–Crippen LogP) is 3.77. The Morgan fingerprint density at radius 2 is 1.69 bits per heavy atom. The van der Waals surface area contributed by atoms with Gasteiger partial charge in [-0.2, -0.15) is 0 Å². The second kappa shape index (κ2) is 9.42. The average Bonchev–Trinajstić information content (AvgIpc) is 3.14. The van der Waals surface area contributed by atoms with Crippen molar-refractivity contribution in [3.05, 3.63) is 59.7 Å². The summed E-state index contributed by atoms with van der Waals surface area (Å²) in [4.78, 5) is 38.5. The molecular weight excluding hydrogens is 408 g/mol. The van der Waals surface area contributed by atoms with E-state index in [9.17, 15) is 19.5 Å². The summed E-state index contributed by atoms with van der Waals surface area (Å²) in [6.07, 6.45) is 1.65. The second-order valence-corrected chi connectivity index (χ2v) is 8.31. The molecule has 2 N–H and O–H groups in total. The Kier molecular flexibility index (Phi) is 6.44. The molecule has 1 fully saturated rings. The van der Waals surface area contributed by atoms with Crippen molar-refractivity contribution >= 4 is 18.0 Å². The number of nitrogens with one attached hydrogen (secondary N) is 1. The van der Waals surface area contributed by atoms with Crippen LogP contribution < -0.4 is 5.32 Å². The van der Waals surface area contributed by atoms with Crippen LogP contribution in [0.25, 0.3) is 11.1 Å². The van der Waals surface area contributed by atoms with E-state index in [1.54, 1.807) is 6.92 Å². The van der Waals surface area contributed by atoms with E-state index >= 15 is 0 Å². The van der Waals surface area contributed by atoms with Crippen LogP contribution in [0.3, 0.4) is 0 Å². The number of fused-ring (bicyclic) bond motifs is 3. The lowest BCUT2D eigenvalue weighted by Crippen LogP contribution is -2.55. The lowest BCUT2D eigenvalue weighted by Gasteiger charge is -2.35. The first-order valence-electron chi connectivity index (χ1n) is 11.2. The van der Waals surface area contributed by atoms with Crippen molar-refractivity contribution in [2.24, 2.45) is 0 Å². The van der Waals surface area contributed by atoms with Gasteiger partial charge in [-0.1, -0.05) is 55.5 Å². The molecule has 2 amide bonds. The van der Waals surface area contributed by atoms with Gasteiger partial charge in [0.1, 0.15) is 18.7 Å². The van der Waals surface area contributed by atoms with Gasteiger partial charge in [-0.15, -0.1) is 0 Å². The molecule has 0 aromatic heterocycles. The summed E-state index contributed by atoms with van der Waals surface area (Å²) < 4.78 is 5.55. The maximum atomic E-state index is 13.0. The van der Waals surface area contributed by atoms with Crippen LogP contribution in [-0.4, -0.2) is 53.2 Å². The Morgan fingerprint density at radius 1 is 1.06 bits per heavy atom. The van der Waals surface area contributed by atoms with Crippen LogP contribution in [0.5, 0.6) is 0 Å². The minimum atomic E-state index is -1.01. The zero-order valence-electron chi connectivity index (χ0n) is 18.1. The summed E-state index contributed by atoms with van der Waals surface area (Å²) in [5.41, 5.74) is 4.51. The van der Waals surface area contributed by atoms with Gasteiger partial charge in [-0.3, -0.25) is 4.79 Å². The number of piperidine rings is 1. The molecule has 2 aromatic carbocycles. The number of carboxylic acid groups (broad SMARTS) is 1. The van der Waals surface area contributed by atoms with E-state index in [1.165, 1.54) is 4.90 Å². The molecule has 2 aromatic rings. The number of amides is 2. The average molecular weight is 437 g/mol. The minimum absolute atomic E-state index is 0.0672. The van der Waals surface area contributed by atoms with Crippen LogP contribution in [-0.2, 0) is 14.3 Å². The number of carbonyl (C=O) groups excluding carboxylic acids is 2. The van der Waals surface area contributed by atoms with Crippen molar-refractivity contribution < 1.29 is 24.2 Å². The monoisotopic (exact) mass is 436 g/mol. The van der Waals surface area contributed by atoms with Crippen molar-refractivity contribution in [2.45, 2.75) is 50.6 Å². The SMILES string of the molecule is CC[C@@H](NC(=O)OCC1c2ccccc2-c2ccccc21)C(=O)N1CCCC[C@@H]1C(=O)O. The van der Waals surface area contributed by atoms with Crippen LogP contribution in [0, 0.1) is 0 Å². The van der Waals surface area contributed by atoms with Gasteiger partial charge >= 0.3 is 12.1 Å². The molecular formula is C25H28N2O5. The van der Waals surface area contributed by atoms with Crippen molar-refractivity contribution in [1.82, 2.24) is 10.2 Å². The Bertz CT molecular complexity index is 975. The molecule has 1 saturated heterocycles. The summed E-state index contributed by atoms with van der Waals surface area (Å²) in [5, 5.41) is 12.1. The van der Waals surface area contributed by atoms with Crippen LogP contribution in [0.2, 0.25) is 0 Å². The molecule has 0 unspecified atom stereocenters. The van der Waals surface area contributed by atoms with Crippen LogP contribution >= 0.6 is 0 Å². The van der Waals surface area contributed by atoms with Gasteiger partial charge in [-0.05, 0) is 47.9 Å². The predicted molar refractivity (Wildman–Crippen MR) is 119 cm³/mol. The van der Waals surface area contributed by atoms with Crippen LogP contribution in [0.15, 0.2) is 48.5 Å². The van der Waals surface area contributed by atoms with E-state index in [4.69, 9.17) is 4.74 Å². The Labute approximate surface area is 187 Å². The highest BCUT2D eigenvalue weighted by atomic mass is 16.5. The van der Waals surface area contributed by atoms with Gasteiger partial charge in [0.25, 0.3) is 0 Å². The molecule has 1 aliphatic heterocycles. The first-order chi connectivity index (χ1) is 15.5. The lowest BCUT2D eigenvalue weighted by molar-refractivity contribution is -0.152. The van der Waals surface area contributed by atoms with Gasteiger partial charge in [0.2, 0.25) is 5.91 Å². The zero-order valence-corrected chi connectivity index (χ0v) is 18.1. The number of carboxylic acids is 1. The molecule has 0 bridgehead atoms. The summed E-state index contributed by atoms with van der Waals surface area (Å²) in [5.74, 6) is -1.44. The largest absolute Gasteiger partial charge is 0.480 e. The molecule has 0 radical (unpaired) electrons. The number of alkyl carbamates (subject to hydrolysis) is 1. The normalized spacial score (nSPS) is 18.4. The maximum absolute atomic E-state index is 13.0. The van der Waals surface area contributed by atoms with Crippen LogP contribution in [0.4, 0.5) is 4.79 Å². The third kappa shape index (κ3) is 4.20. The zero-order chi connectivity index (χ0) is 22.7. The third-order valence-corrected chi connectivity index (χ3v) is 6.41. The first-order valence-corrected chi connectivity index (χ1v) is 11.2. The van der Waals surface area contributed by atoms with E-state index in [1.807, 2.05) is 36.4 Å².